The van der Waals surface area contributed by atoms with E-state index >= 15 is 0 Å². The molecule has 1 aliphatic heterocycles. The molecule has 10 heteroatoms. The van der Waals surface area contributed by atoms with Crippen LogP contribution in [0.1, 0.15) is 28.2 Å². The minimum absolute atomic E-state index is 0.0148. The first kappa shape index (κ1) is 24.2. The number of nitrogens with one attached hydrogen (secondary N) is 1. The van der Waals surface area contributed by atoms with Crippen molar-refractivity contribution in [2.24, 2.45) is 0 Å². The second-order valence-corrected chi connectivity index (χ2v) is 9.84. The number of hydrogen-bond acceptors (Lipinski definition) is 7. The highest BCUT2D eigenvalue weighted by atomic mass is 32.1. The van der Waals surface area contributed by atoms with Gasteiger partial charge in [-0.2, -0.15) is 0 Å². The molecule has 2 amide bonds. The van der Waals surface area contributed by atoms with E-state index in [2.05, 4.69) is 10.3 Å². The Balaban J connectivity index is 1.38. The van der Waals surface area contributed by atoms with Gasteiger partial charge in [-0.15, -0.1) is 11.3 Å². The lowest BCUT2D eigenvalue weighted by Gasteiger charge is -2.14. The average Bonchev–Trinajstić information content (AvgIpc) is 3.60. The van der Waals surface area contributed by atoms with Crippen molar-refractivity contribution >= 4 is 44.4 Å². The Bertz CT molecular complexity index is 1430. The number of fused-ring (bicyclic) bond motifs is 2. The lowest BCUT2D eigenvalue weighted by molar-refractivity contribution is 0.0728. The SMILES string of the molecule is CO[C@H]1CCN(C(=O)c2cc3nccc(Oc4ccc5c(c4)cc(C)n5C(=O)NCCCO)c3s2)C1. The summed E-state index contributed by atoms with van der Waals surface area (Å²) in [5, 5.41) is 12.6. The topological polar surface area (TPSA) is 106 Å². The zero-order valence-electron chi connectivity index (χ0n) is 20.2. The van der Waals surface area contributed by atoms with Crippen molar-refractivity contribution in [1.82, 2.24) is 19.8 Å². The number of amides is 2. The van der Waals surface area contributed by atoms with Gasteiger partial charge in [0, 0.05) is 56.7 Å². The summed E-state index contributed by atoms with van der Waals surface area (Å²) >= 11 is 1.38. The molecule has 2 N–H and O–H groups in total. The Morgan fingerprint density at radius 2 is 2.11 bits per heavy atom. The maximum absolute atomic E-state index is 13.0. The Morgan fingerprint density at radius 1 is 1.25 bits per heavy atom. The second kappa shape index (κ2) is 10.3. The molecule has 0 unspecified atom stereocenters. The Morgan fingerprint density at radius 3 is 2.89 bits per heavy atom. The van der Waals surface area contributed by atoms with Crippen LogP contribution in [0, 0.1) is 6.92 Å². The van der Waals surface area contributed by atoms with Gasteiger partial charge in [0.05, 0.1) is 26.7 Å². The van der Waals surface area contributed by atoms with Crippen LogP contribution in [0.3, 0.4) is 0 Å². The molecule has 4 aromatic rings. The predicted molar refractivity (Wildman–Crippen MR) is 138 cm³/mol. The largest absolute Gasteiger partial charge is 0.456 e. The Kier molecular flexibility index (Phi) is 6.90. The summed E-state index contributed by atoms with van der Waals surface area (Å²) in [5.41, 5.74) is 2.28. The summed E-state index contributed by atoms with van der Waals surface area (Å²) in [6, 6.07) is 10.9. The first-order valence-corrected chi connectivity index (χ1v) is 12.7. The third-order valence-corrected chi connectivity index (χ3v) is 7.48. The number of aliphatic hydroxyl groups excluding tert-OH is 1. The van der Waals surface area contributed by atoms with Gasteiger partial charge in [0.15, 0.2) is 0 Å². The number of ether oxygens (including phenoxy) is 2. The number of benzene rings is 1. The monoisotopic (exact) mass is 508 g/mol. The number of aromatic nitrogens is 2. The van der Waals surface area contributed by atoms with Crippen LogP contribution in [-0.4, -0.2) is 71.0 Å². The predicted octanol–water partition coefficient (Wildman–Crippen LogP) is 4.15. The zero-order valence-corrected chi connectivity index (χ0v) is 21.0. The number of pyridine rings is 1. The highest BCUT2D eigenvalue weighted by Crippen LogP contribution is 2.36. The van der Waals surface area contributed by atoms with Crippen molar-refractivity contribution in [2.75, 3.05) is 33.4 Å². The van der Waals surface area contributed by atoms with Crippen LogP contribution in [0.2, 0.25) is 0 Å². The molecule has 1 fully saturated rings. The summed E-state index contributed by atoms with van der Waals surface area (Å²) in [4.78, 5) is 32.5. The molecule has 1 saturated heterocycles. The summed E-state index contributed by atoms with van der Waals surface area (Å²) in [6.45, 7) is 3.59. The molecule has 4 heterocycles. The van der Waals surface area contributed by atoms with Crippen LogP contribution in [-0.2, 0) is 4.74 Å². The summed E-state index contributed by atoms with van der Waals surface area (Å²) in [6.07, 6.45) is 3.10. The molecule has 0 aliphatic carbocycles. The Labute approximate surface area is 212 Å². The van der Waals surface area contributed by atoms with Crippen molar-refractivity contribution in [3.05, 3.63) is 53.2 Å². The lowest BCUT2D eigenvalue weighted by Crippen LogP contribution is -2.30. The molecule has 1 aromatic carbocycles. The van der Waals surface area contributed by atoms with Gasteiger partial charge in [-0.1, -0.05) is 0 Å². The summed E-state index contributed by atoms with van der Waals surface area (Å²) < 4.78 is 14.0. The second-order valence-electron chi connectivity index (χ2n) is 8.78. The van der Waals surface area contributed by atoms with E-state index in [1.54, 1.807) is 23.9 Å². The number of carbonyl (C=O) groups is 2. The molecular formula is C26H28N4O5S. The maximum atomic E-state index is 13.0. The van der Waals surface area contributed by atoms with E-state index in [4.69, 9.17) is 14.6 Å². The fraction of sp³-hybridized carbons (Fsp3) is 0.346. The summed E-state index contributed by atoms with van der Waals surface area (Å²) in [7, 11) is 1.67. The van der Waals surface area contributed by atoms with Crippen molar-refractivity contribution in [3.8, 4) is 11.5 Å². The van der Waals surface area contributed by atoms with E-state index in [1.807, 2.05) is 42.2 Å². The summed E-state index contributed by atoms with van der Waals surface area (Å²) in [5.74, 6) is 1.23. The van der Waals surface area contributed by atoms with Crippen LogP contribution in [0.5, 0.6) is 11.5 Å². The van der Waals surface area contributed by atoms with Crippen LogP contribution in [0.25, 0.3) is 21.1 Å². The van der Waals surface area contributed by atoms with Crippen LogP contribution >= 0.6 is 11.3 Å². The van der Waals surface area contributed by atoms with E-state index in [0.717, 1.165) is 27.7 Å². The van der Waals surface area contributed by atoms with Crippen LogP contribution in [0.15, 0.2) is 42.6 Å². The fourth-order valence-corrected chi connectivity index (χ4v) is 5.54. The first-order valence-electron chi connectivity index (χ1n) is 11.9. The lowest BCUT2D eigenvalue weighted by atomic mass is 10.2. The third kappa shape index (κ3) is 4.67. The first-order chi connectivity index (χ1) is 17.5. The molecule has 0 radical (unpaired) electrons. The maximum Gasteiger partial charge on any atom is 0.326 e. The van der Waals surface area contributed by atoms with Gasteiger partial charge in [-0.3, -0.25) is 14.3 Å². The number of rotatable bonds is 7. The number of hydrogen-bond donors (Lipinski definition) is 2. The van der Waals surface area contributed by atoms with E-state index < -0.39 is 0 Å². The fourth-order valence-electron chi connectivity index (χ4n) is 4.51. The molecule has 0 saturated carbocycles. The van der Waals surface area contributed by atoms with Crippen molar-refractivity contribution in [2.45, 2.75) is 25.9 Å². The van der Waals surface area contributed by atoms with Gasteiger partial charge in [-0.25, -0.2) is 4.79 Å². The number of likely N-dealkylation sites (tertiary alicyclic amines) is 1. The molecule has 9 nitrogen and oxygen atoms in total. The minimum Gasteiger partial charge on any atom is -0.456 e. The number of carbonyl (C=O) groups excluding carboxylic acids is 2. The molecule has 36 heavy (non-hydrogen) atoms. The quantitative estimate of drug-likeness (QED) is 0.363. The number of methoxy groups -OCH3 is 1. The molecule has 3 aromatic heterocycles. The minimum atomic E-state index is -0.230. The van der Waals surface area contributed by atoms with E-state index in [-0.39, 0.29) is 24.6 Å². The van der Waals surface area contributed by atoms with Crippen molar-refractivity contribution in [1.29, 1.82) is 0 Å². The molecule has 5 rings (SSSR count). The highest BCUT2D eigenvalue weighted by Gasteiger charge is 2.28. The molecule has 0 bridgehead atoms. The smallest absolute Gasteiger partial charge is 0.326 e. The number of thiophene rings is 1. The van der Waals surface area contributed by atoms with E-state index in [1.165, 1.54) is 11.3 Å². The van der Waals surface area contributed by atoms with Gasteiger partial charge in [0.2, 0.25) is 0 Å². The third-order valence-electron chi connectivity index (χ3n) is 6.35. The van der Waals surface area contributed by atoms with Crippen molar-refractivity contribution < 1.29 is 24.2 Å². The number of aliphatic hydroxyl groups is 1. The van der Waals surface area contributed by atoms with Gasteiger partial charge in [0.1, 0.15) is 11.5 Å². The van der Waals surface area contributed by atoms with Crippen LogP contribution in [0.4, 0.5) is 4.79 Å². The molecular weight excluding hydrogens is 480 g/mol. The van der Waals surface area contributed by atoms with E-state index in [0.29, 0.717) is 47.9 Å². The highest BCUT2D eigenvalue weighted by molar-refractivity contribution is 7.21. The molecule has 188 valence electrons. The zero-order chi connectivity index (χ0) is 25.2. The van der Waals surface area contributed by atoms with Crippen molar-refractivity contribution in [3.63, 3.8) is 0 Å². The standard InChI is InChI=1S/C26H28N4O5S/c1-16-12-17-13-18(4-5-21(17)30(16)26(33)28-8-3-11-31)35-22-6-9-27-20-14-23(36-24(20)22)25(32)29-10-7-19(15-29)34-2/h4-6,9,12-14,19,31H,3,7-8,10-11,15H2,1-2H3,(H,28,33)/t19-/m0/s1. The van der Waals surface area contributed by atoms with Gasteiger partial charge >= 0.3 is 6.03 Å². The molecule has 1 atom stereocenters. The van der Waals surface area contributed by atoms with Crippen LogP contribution < -0.4 is 10.1 Å². The normalized spacial score (nSPS) is 15.6. The van der Waals surface area contributed by atoms with Gasteiger partial charge in [0.25, 0.3) is 5.91 Å². The van der Waals surface area contributed by atoms with Gasteiger partial charge < -0.3 is 24.8 Å². The molecule has 1 aliphatic rings. The van der Waals surface area contributed by atoms with E-state index in [9.17, 15) is 9.59 Å². The molecule has 0 spiro atoms. The average molecular weight is 509 g/mol. The number of aryl methyl sites for hydroxylation is 1. The van der Waals surface area contributed by atoms with Gasteiger partial charge in [-0.05, 0) is 50.1 Å². The number of nitrogens with zero attached hydrogens (tertiary/aromatic N) is 3. The Hall–Kier alpha value is -3.47.